The van der Waals surface area contributed by atoms with Gasteiger partial charge < -0.3 is 28.6 Å². The van der Waals surface area contributed by atoms with E-state index in [4.69, 9.17) is 23.7 Å². The zero-order valence-corrected chi connectivity index (χ0v) is 40.7. The lowest BCUT2D eigenvalue weighted by molar-refractivity contribution is -0.164. The van der Waals surface area contributed by atoms with Crippen molar-refractivity contribution < 1.29 is 38.1 Å². The summed E-state index contributed by atoms with van der Waals surface area (Å²) in [4.78, 5) is 41.1. The van der Waals surface area contributed by atoms with Gasteiger partial charge in [0.1, 0.15) is 19.8 Å². The molecule has 1 rings (SSSR count). The van der Waals surface area contributed by atoms with Gasteiger partial charge in [-0.2, -0.15) is 0 Å². The second-order valence-corrected chi connectivity index (χ2v) is 18.4. The Morgan fingerprint density at radius 2 is 0.984 bits per heavy atom. The third kappa shape index (κ3) is 30.5. The standard InChI is InChI=1S/C52H95NO8/c1-8-13-14-15-16-17-18-19-20-21-22-23-24-25-26-33-48(54)57-42-47(44-61-51(56)52(6)36-38-53(7)39-37-52)43-58-49(55)34-27-28-35-50(59-40-45(29-9-2)30-10-3)60-41-46(31-11-4)32-12-5/h16-17,19-20,45-47,50H,8-15,18,21-44H2,1-7H3. The normalized spacial score (nSPS) is 15.1. The number of unbranched alkanes of at least 4 members (excludes halogenated alkanes) is 9. The highest BCUT2D eigenvalue weighted by Crippen LogP contribution is 2.32. The van der Waals surface area contributed by atoms with E-state index in [1.165, 1.54) is 25.7 Å². The third-order valence-electron chi connectivity index (χ3n) is 12.2. The van der Waals surface area contributed by atoms with Crippen molar-refractivity contribution >= 4 is 17.9 Å². The van der Waals surface area contributed by atoms with Crippen LogP contribution in [0.5, 0.6) is 0 Å². The molecule has 356 valence electrons. The molecule has 0 N–H and O–H groups in total. The van der Waals surface area contributed by atoms with Crippen molar-refractivity contribution in [3.05, 3.63) is 24.3 Å². The first-order valence-electron chi connectivity index (χ1n) is 25.3. The average Bonchev–Trinajstić information content (AvgIpc) is 3.25. The third-order valence-corrected chi connectivity index (χ3v) is 12.2. The molecule has 1 fully saturated rings. The Balaban J connectivity index is 2.59. The monoisotopic (exact) mass is 862 g/mol. The summed E-state index contributed by atoms with van der Waals surface area (Å²) in [7, 11) is 2.06. The molecule has 0 spiro atoms. The molecule has 61 heavy (non-hydrogen) atoms. The van der Waals surface area contributed by atoms with Crippen LogP contribution in [0, 0.1) is 23.2 Å². The largest absolute Gasteiger partial charge is 0.465 e. The van der Waals surface area contributed by atoms with Gasteiger partial charge in [0.2, 0.25) is 0 Å². The van der Waals surface area contributed by atoms with Crippen molar-refractivity contribution in [3.8, 4) is 0 Å². The van der Waals surface area contributed by atoms with Gasteiger partial charge in [-0.15, -0.1) is 0 Å². The lowest BCUT2D eigenvalue weighted by Gasteiger charge is -2.36. The molecule has 0 bridgehead atoms. The predicted octanol–water partition coefficient (Wildman–Crippen LogP) is 13.1. The van der Waals surface area contributed by atoms with Gasteiger partial charge in [0.05, 0.1) is 24.5 Å². The first-order chi connectivity index (χ1) is 29.6. The molecular formula is C52H95NO8. The van der Waals surface area contributed by atoms with Gasteiger partial charge in [-0.3, -0.25) is 14.4 Å². The molecule has 0 saturated carbocycles. The molecule has 1 unspecified atom stereocenters. The van der Waals surface area contributed by atoms with Crippen LogP contribution in [0.1, 0.15) is 208 Å². The van der Waals surface area contributed by atoms with E-state index >= 15 is 0 Å². The predicted molar refractivity (Wildman–Crippen MR) is 251 cm³/mol. The maximum absolute atomic E-state index is 13.2. The number of piperidine rings is 1. The van der Waals surface area contributed by atoms with E-state index in [2.05, 4.69) is 70.9 Å². The Morgan fingerprint density at radius 1 is 0.525 bits per heavy atom. The number of hydrogen-bond acceptors (Lipinski definition) is 9. The second kappa shape index (κ2) is 38.2. The number of rotatable bonds is 40. The molecule has 1 saturated heterocycles. The van der Waals surface area contributed by atoms with Crippen molar-refractivity contribution in [2.75, 3.05) is 53.2 Å². The smallest absolute Gasteiger partial charge is 0.311 e. The van der Waals surface area contributed by atoms with Crippen LogP contribution in [0.2, 0.25) is 0 Å². The molecule has 0 amide bonds. The van der Waals surface area contributed by atoms with E-state index in [1.807, 2.05) is 6.92 Å². The van der Waals surface area contributed by atoms with Crippen molar-refractivity contribution in [2.24, 2.45) is 23.2 Å². The second-order valence-electron chi connectivity index (χ2n) is 18.4. The SMILES string of the molecule is CCCCCC=CCC=CCCCCCCCC(=O)OCC(COC(=O)CCCCC(OCC(CCC)CCC)OCC(CCC)CCC)COC(=O)C1(C)CCN(C)CC1. The first-order valence-corrected chi connectivity index (χ1v) is 25.3. The summed E-state index contributed by atoms with van der Waals surface area (Å²) < 4.78 is 30.0. The van der Waals surface area contributed by atoms with E-state index in [1.54, 1.807) is 0 Å². The Kier molecular flexibility index (Phi) is 35.6. The highest BCUT2D eigenvalue weighted by molar-refractivity contribution is 5.76. The zero-order valence-electron chi connectivity index (χ0n) is 40.7. The molecular weight excluding hydrogens is 767 g/mol. The topological polar surface area (TPSA) is 101 Å². The van der Waals surface area contributed by atoms with E-state index in [9.17, 15) is 14.4 Å². The van der Waals surface area contributed by atoms with Crippen LogP contribution in [0.3, 0.4) is 0 Å². The van der Waals surface area contributed by atoms with Crippen molar-refractivity contribution in [3.63, 3.8) is 0 Å². The number of nitrogens with zero attached hydrogens (tertiary/aromatic N) is 1. The Bertz CT molecular complexity index is 1100. The molecule has 1 atom stereocenters. The first kappa shape index (κ1) is 56.8. The number of esters is 3. The number of hydrogen-bond donors (Lipinski definition) is 0. The minimum Gasteiger partial charge on any atom is -0.465 e. The molecule has 0 radical (unpaired) electrons. The van der Waals surface area contributed by atoms with Crippen LogP contribution < -0.4 is 0 Å². The minimum atomic E-state index is -0.545. The van der Waals surface area contributed by atoms with Crippen LogP contribution in [0.15, 0.2) is 24.3 Å². The maximum atomic E-state index is 13.2. The molecule has 9 nitrogen and oxygen atoms in total. The summed E-state index contributed by atoms with van der Waals surface area (Å²) >= 11 is 0. The van der Waals surface area contributed by atoms with Crippen LogP contribution >= 0.6 is 0 Å². The fraction of sp³-hybridized carbons (Fsp3) is 0.865. The highest BCUT2D eigenvalue weighted by atomic mass is 16.7. The molecule has 0 aromatic rings. The highest BCUT2D eigenvalue weighted by Gasteiger charge is 2.38. The van der Waals surface area contributed by atoms with Gasteiger partial charge in [-0.25, -0.2) is 0 Å². The summed E-state index contributed by atoms with van der Waals surface area (Å²) in [5.74, 6) is -0.143. The van der Waals surface area contributed by atoms with Gasteiger partial charge in [-0.05, 0) is 135 Å². The fourth-order valence-corrected chi connectivity index (χ4v) is 8.01. The number of ether oxygens (including phenoxy) is 5. The fourth-order valence-electron chi connectivity index (χ4n) is 8.01. The zero-order chi connectivity index (χ0) is 44.8. The summed E-state index contributed by atoms with van der Waals surface area (Å²) in [5, 5.41) is 0. The summed E-state index contributed by atoms with van der Waals surface area (Å²) in [6.45, 7) is 16.3. The number of carbonyl (C=O) groups excluding carboxylic acids is 3. The average molecular weight is 862 g/mol. The Hall–Kier alpha value is -2.23. The lowest BCUT2D eigenvalue weighted by Crippen LogP contribution is -2.42. The number of allylic oxidation sites excluding steroid dienone is 4. The maximum Gasteiger partial charge on any atom is 0.311 e. The van der Waals surface area contributed by atoms with Gasteiger partial charge in [0.25, 0.3) is 0 Å². The number of carbonyl (C=O) groups is 3. The molecule has 9 heteroatoms. The molecule has 0 aliphatic carbocycles. The van der Waals surface area contributed by atoms with E-state index in [0.717, 1.165) is 135 Å². The minimum absolute atomic E-state index is 0.0316. The van der Waals surface area contributed by atoms with Crippen LogP contribution in [-0.2, 0) is 38.1 Å². The molecule has 1 heterocycles. The van der Waals surface area contributed by atoms with Crippen molar-refractivity contribution in [2.45, 2.75) is 215 Å². The van der Waals surface area contributed by atoms with Gasteiger partial charge in [0.15, 0.2) is 6.29 Å². The van der Waals surface area contributed by atoms with Crippen molar-refractivity contribution in [1.29, 1.82) is 0 Å². The summed E-state index contributed by atoms with van der Waals surface area (Å²) in [5.41, 5.74) is -0.545. The quantitative estimate of drug-likeness (QED) is 0.0196. The van der Waals surface area contributed by atoms with Crippen LogP contribution in [0.25, 0.3) is 0 Å². The van der Waals surface area contributed by atoms with Gasteiger partial charge >= 0.3 is 17.9 Å². The van der Waals surface area contributed by atoms with E-state index in [0.29, 0.717) is 37.9 Å². The van der Waals surface area contributed by atoms with Gasteiger partial charge in [0, 0.05) is 12.8 Å². The van der Waals surface area contributed by atoms with Crippen molar-refractivity contribution in [1.82, 2.24) is 4.90 Å². The van der Waals surface area contributed by atoms with Crippen LogP contribution in [0.4, 0.5) is 0 Å². The molecule has 1 aliphatic rings. The lowest BCUT2D eigenvalue weighted by atomic mass is 9.80. The summed E-state index contributed by atoms with van der Waals surface area (Å²) in [6.07, 6.45) is 34.7. The Morgan fingerprint density at radius 3 is 1.49 bits per heavy atom. The summed E-state index contributed by atoms with van der Waals surface area (Å²) in [6, 6.07) is 0. The molecule has 1 aliphatic heterocycles. The van der Waals surface area contributed by atoms with E-state index < -0.39 is 11.3 Å². The molecule has 0 aromatic carbocycles. The number of likely N-dealkylation sites (tertiary alicyclic amines) is 1. The van der Waals surface area contributed by atoms with Gasteiger partial charge in [-0.1, -0.05) is 117 Å². The van der Waals surface area contributed by atoms with E-state index in [-0.39, 0.29) is 50.4 Å². The molecule has 0 aromatic heterocycles. The Labute approximate surface area is 375 Å². The van der Waals surface area contributed by atoms with Crippen LogP contribution in [-0.4, -0.2) is 82.3 Å².